The summed E-state index contributed by atoms with van der Waals surface area (Å²) in [6, 6.07) is 8.73. The molecule has 0 aliphatic carbocycles. The first-order chi connectivity index (χ1) is 13.2. The monoisotopic (exact) mass is 409 g/mol. The van der Waals surface area contributed by atoms with Crippen LogP contribution in [0.25, 0.3) is 0 Å². The first kappa shape index (κ1) is 19.6. The number of alkyl halides is 3. The van der Waals surface area contributed by atoms with E-state index in [9.17, 15) is 27.6 Å². The highest BCUT2D eigenvalue weighted by molar-refractivity contribution is 6.32. The topological polar surface area (TPSA) is 78.8 Å². The van der Waals surface area contributed by atoms with Crippen LogP contribution in [0.3, 0.4) is 0 Å². The summed E-state index contributed by atoms with van der Waals surface area (Å²) in [6.07, 6.45) is -3.63. The Hall–Kier alpha value is -3.20. The summed E-state index contributed by atoms with van der Waals surface area (Å²) in [4.78, 5) is 41.2. The summed E-state index contributed by atoms with van der Waals surface area (Å²) in [7, 11) is 0. The molecule has 10 heteroatoms. The normalized spacial score (nSPS) is 17.9. The number of amides is 4. The van der Waals surface area contributed by atoms with Gasteiger partial charge in [0.2, 0.25) is 5.91 Å². The molecule has 1 atom stereocenters. The summed E-state index contributed by atoms with van der Waals surface area (Å²) in [5.74, 6) is -3.41. The third kappa shape index (κ3) is 4.04. The lowest BCUT2D eigenvalue weighted by molar-refractivity contribution is -0.138. The highest BCUT2D eigenvalue weighted by Gasteiger charge is 2.41. The van der Waals surface area contributed by atoms with Gasteiger partial charge in [0.1, 0.15) is 0 Å². The number of rotatable bonds is 3. The molecule has 4 amide bonds. The summed E-state index contributed by atoms with van der Waals surface area (Å²) in [6.45, 7) is 0. The number of imide groups is 2. The molecular weight excluding hydrogens is 399 g/mol. The van der Waals surface area contributed by atoms with Crippen LogP contribution < -0.4 is 10.2 Å². The number of urea groups is 1. The molecule has 0 unspecified atom stereocenters. The summed E-state index contributed by atoms with van der Waals surface area (Å²) in [5.41, 5.74) is -0.948. The van der Waals surface area contributed by atoms with Crippen molar-refractivity contribution in [3.63, 3.8) is 0 Å². The number of barbiturate groups is 1. The van der Waals surface area contributed by atoms with Crippen molar-refractivity contribution >= 4 is 47.0 Å². The minimum atomic E-state index is -4.66. The number of benzene rings is 2. The molecule has 0 saturated carbocycles. The van der Waals surface area contributed by atoms with Gasteiger partial charge in [-0.3, -0.25) is 19.9 Å². The van der Waals surface area contributed by atoms with E-state index in [0.717, 1.165) is 24.4 Å². The van der Waals surface area contributed by atoms with Gasteiger partial charge >= 0.3 is 12.2 Å². The molecule has 28 heavy (non-hydrogen) atoms. The third-order valence-corrected chi connectivity index (χ3v) is 4.09. The average molecular weight is 410 g/mol. The Balaban J connectivity index is 1.91. The van der Waals surface area contributed by atoms with Gasteiger partial charge < -0.3 is 0 Å². The Bertz CT molecular complexity index is 974. The molecule has 6 nitrogen and oxygen atoms in total. The maximum atomic E-state index is 12.9. The van der Waals surface area contributed by atoms with E-state index in [0.29, 0.717) is 21.7 Å². The molecule has 1 heterocycles. The fourth-order valence-electron chi connectivity index (χ4n) is 2.48. The largest absolute Gasteiger partial charge is 0.416 e. The zero-order valence-corrected chi connectivity index (χ0v) is 14.7. The standard InChI is InChI=1S/C18H11ClF3N3O3/c19-11-4-6-12(7-5-11)23-9-14-15(26)24-17(28)25(16(14)27)13-3-1-2-10(8-13)18(20,21)22/h1-9,14H,(H,24,26,28)/t14-/m0/s1. The maximum Gasteiger partial charge on any atom is 0.416 e. The number of nitrogens with zero attached hydrogens (tertiary/aromatic N) is 2. The second-order valence-corrected chi connectivity index (χ2v) is 6.18. The average Bonchev–Trinajstić information content (AvgIpc) is 2.62. The molecule has 3 rings (SSSR count). The highest BCUT2D eigenvalue weighted by Crippen LogP contribution is 2.32. The number of nitrogens with one attached hydrogen (secondary N) is 1. The SMILES string of the molecule is O=C1NC(=O)N(c2cccc(C(F)(F)F)c2)C(=O)[C@H]1C=Nc1ccc(Cl)cc1. The number of aliphatic imine (C=N–C) groups is 1. The lowest BCUT2D eigenvalue weighted by Gasteiger charge is -2.28. The molecule has 2 aromatic rings. The fourth-order valence-corrected chi connectivity index (χ4v) is 2.60. The first-order valence-electron chi connectivity index (χ1n) is 7.82. The molecule has 144 valence electrons. The number of hydrogen-bond donors (Lipinski definition) is 1. The Morgan fingerprint density at radius 1 is 1.07 bits per heavy atom. The van der Waals surface area contributed by atoms with Crippen LogP contribution in [0.2, 0.25) is 5.02 Å². The van der Waals surface area contributed by atoms with Crippen molar-refractivity contribution in [3.05, 3.63) is 59.1 Å². The van der Waals surface area contributed by atoms with E-state index >= 15 is 0 Å². The van der Waals surface area contributed by atoms with Gasteiger partial charge in [-0.25, -0.2) is 9.69 Å². The van der Waals surface area contributed by atoms with E-state index < -0.39 is 35.5 Å². The molecule has 2 aromatic carbocycles. The maximum absolute atomic E-state index is 12.9. The van der Waals surface area contributed by atoms with E-state index in [2.05, 4.69) is 4.99 Å². The first-order valence-corrected chi connectivity index (χ1v) is 8.20. The van der Waals surface area contributed by atoms with Crippen molar-refractivity contribution in [3.8, 4) is 0 Å². The molecule has 0 bridgehead atoms. The predicted molar refractivity (Wildman–Crippen MR) is 95.6 cm³/mol. The summed E-state index contributed by atoms with van der Waals surface area (Å²) >= 11 is 5.76. The number of carbonyl (C=O) groups excluding carboxylic acids is 3. The molecule has 0 spiro atoms. The molecule has 1 aliphatic heterocycles. The summed E-state index contributed by atoms with van der Waals surface area (Å²) in [5, 5.41) is 2.41. The van der Waals surface area contributed by atoms with Gasteiger partial charge in [-0.15, -0.1) is 0 Å². The summed E-state index contributed by atoms with van der Waals surface area (Å²) < 4.78 is 38.7. The molecule has 1 aliphatic rings. The second-order valence-electron chi connectivity index (χ2n) is 5.75. The van der Waals surface area contributed by atoms with Crippen LogP contribution in [0.15, 0.2) is 53.5 Å². The number of anilines is 1. The zero-order chi connectivity index (χ0) is 20.5. The van der Waals surface area contributed by atoms with Gasteiger partial charge in [0.05, 0.1) is 16.9 Å². The Kier molecular flexibility index (Phi) is 5.19. The van der Waals surface area contributed by atoms with E-state index in [-0.39, 0.29) is 5.69 Å². The fraction of sp³-hybridized carbons (Fsp3) is 0.111. The number of carbonyl (C=O) groups is 3. The lowest BCUT2D eigenvalue weighted by Crippen LogP contribution is -2.58. The lowest BCUT2D eigenvalue weighted by atomic mass is 10.1. The van der Waals surface area contributed by atoms with Crippen molar-refractivity contribution in [1.29, 1.82) is 0 Å². The van der Waals surface area contributed by atoms with Gasteiger partial charge in [0.15, 0.2) is 5.92 Å². The smallest absolute Gasteiger partial charge is 0.276 e. The van der Waals surface area contributed by atoms with E-state index in [4.69, 9.17) is 11.6 Å². The molecule has 1 fully saturated rings. The predicted octanol–water partition coefficient (Wildman–Crippen LogP) is 3.96. The van der Waals surface area contributed by atoms with Gasteiger partial charge in [0.25, 0.3) is 5.91 Å². The van der Waals surface area contributed by atoms with Gasteiger partial charge in [-0.2, -0.15) is 13.2 Å². The van der Waals surface area contributed by atoms with Crippen molar-refractivity contribution in [2.75, 3.05) is 4.90 Å². The van der Waals surface area contributed by atoms with Gasteiger partial charge in [-0.1, -0.05) is 17.7 Å². The van der Waals surface area contributed by atoms with E-state index in [1.165, 1.54) is 0 Å². The van der Waals surface area contributed by atoms with Crippen molar-refractivity contribution in [2.45, 2.75) is 6.18 Å². The van der Waals surface area contributed by atoms with Crippen LogP contribution in [0.5, 0.6) is 0 Å². The van der Waals surface area contributed by atoms with Crippen molar-refractivity contribution in [2.24, 2.45) is 10.9 Å². The molecule has 1 saturated heterocycles. The number of hydrogen-bond acceptors (Lipinski definition) is 4. The van der Waals surface area contributed by atoms with Crippen LogP contribution in [0, 0.1) is 5.92 Å². The van der Waals surface area contributed by atoms with Crippen LogP contribution >= 0.6 is 11.6 Å². The van der Waals surface area contributed by atoms with Crippen molar-refractivity contribution < 1.29 is 27.6 Å². The van der Waals surface area contributed by atoms with E-state index in [1.54, 1.807) is 24.3 Å². The molecule has 0 radical (unpaired) electrons. The molecule has 0 aromatic heterocycles. The van der Waals surface area contributed by atoms with Crippen LogP contribution in [0.4, 0.5) is 29.3 Å². The minimum absolute atomic E-state index is 0.310. The van der Waals surface area contributed by atoms with Gasteiger partial charge in [0, 0.05) is 11.2 Å². The van der Waals surface area contributed by atoms with Crippen LogP contribution in [-0.4, -0.2) is 24.1 Å². The Labute approximate surface area is 161 Å². The van der Waals surface area contributed by atoms with Gasteiger partial charge in [-0.05, 0) is 42.5 Å². The zero-order valence-electron chi connectivity index (χ0n) is 13.9. The second kappa shape index (κ2) is 7.43. The quantitative estimate of drug-likeness (QED) is 0.615. The highest BCUT2D eigenvalue weighted by atomic mass is 35.5. The molecule has 1 N–H and O–H groups in total. The van der Waals surface area contributed by atoms with Crippen LogP contribution in [0.1, 0.15) is 5.56 Å². The van der Waals surface area contributed by atoms with Crippen molar-refractivity contribution in [1.82, 2.24) is 5.32 Å². The third-order valence-electron chi connectivity index (χ3n) is 3.83. The number of halogens is 4. The van der Waals surface area contributed by atoms with E-state index in [1.807, 2.05) is 5.32 Å². The minimum Gasteiger partial charge on any atom is -0.276 e. The Morgan fingerprint density at radius 2 is 1.75 bits per heavy atom. The Morgan fingerprint density at radius 3 is 2.39 bits per heavy atom. The molecular formula is C18H11ClF3N3O3. The van der Waals surface area contributed by atoms with Crippen LogP contribution in [-0.2, 0) is 15.8 Å².